The lowest BCUT2D eigenvalue weighted by atomic mass is 10.2. The molecule has 1 aliphatic rings. The molecule has 30 heavy (non-hydrogen) atoms. The Hall–Kier alpha value is -2.65. The van der Waals surface area contributed by atoms with Gasteiger partial charge in [0.15, 0.2) is 0 Å². The summed E-state index contributed by atoms with van der Waals surface area (Å²) in [7, 11) is -3.82. The normalized spacial score (nSPS) is 14.6. The number of nitrogens with one attached hydrogen (secondary N) is 3. The Kier molecular flexibility index (Phi) is 6.62. The van der Waals surface area contributed by atoms with Crippen molar-refractivity contribution in [2.24, 2.45) is 0 Å². The molecule has 1 aliphatic heterocycles. The van der Waals surface area contributed by atoms with Gasteiger partial charge in [0.1, 0.15) is 5.82 Å². The number of hydrogen-bond acceptors (Lipinski definition) is 6. The van der Waals surface area contributed by atoms with Gasteiger partial charge in [0, 0.05) is 32.2 Å². The number of carbonyl (C=O) groups is 1. The van der Waals surface area contributed by atoms with Gasteiger partial charge in [-0.1, -0.05) is 12.1 Å². The molecule has 2 aromatic rings. The zero-order chi connectivity index (χ0) is 21.9. The van der Waals surface area contributed by atoms with Crippen molar-refractivity contribution in [1.82, 2.24) is 15.6 Å². The van der Waals surface area contributed by atoms with E-state index in [1.165, 1.54) is 6.20 Å². The average molecular weight is 432 g/mol. The van der Waals surface area contributed by atoms with E-state index in [-0.39, 0.29) is 22.5 Å². The highest BCUT2D eigenvalue weighted by molar-refractivity contribution is 7.92. The molecule has 1 amide bonds. The van der Waals surface area contributed by atoms with Crippen LogP contribution >= 0.6 is 0 Å². The Bertz CT molecular complexity index is 1030. The van der Waals surface area contributed by atoms with Crippen LogP contribution in [0.15, 0.2) is 35.4 Å². The Morgan fingerprint density at radius 2 is 1.87 bits per heavy atom. The topological polar surface area (TPSA) is 103 Å². The number of aromatic nitrogens is 1. The molecule has 0 unspecified atom stereocenters. The molecule has 162 valence electrons. The van der Waals surface area contributed by atoms with Crippen molar-refractivity contribution in [1.29, 1.82) is 0 Å². The second-order valence-corrected chi connectivity index (χ2v) is 9.49. The first kappa shape index (κ1) is 22.0. The summed E-state index contributed by atoms with van der Waals surface area (Å²) in [6.07, 6.45) is 1.46. The first-order valence-electron chi connectivity index (χ1n) is 10.0. The highest BCUT2D eigenvalue weighted by atomic mass is 32.2. The minimum atomic E-state index is -3.82. The summed E-state index contributed by atoms with van der Waals surface area (Å²) in [4.78, 5) is 19.5. The fourth-order valence-electron chi connectivity index (χ4n) is 3.36. The Morgan fingerprint density at radius 1 is 1.17 bits per heavy atom. The lowest BCUT2D eigenvalue weighted by Crippen LogP contribution is -2.45. The standard InChI is InChI=1S/C21H29N5O3S/c1-14(2)24-21(27)18-12-17(13-23-20(18)26-9-7-22-8-10-26)25-30(28,29)19-11-15(3)5-6-16(19)4/h5-6,11-14,22,25H,7-10H2,1-4H3,(H,24,27). The van der Waals surface area contributed by atoms with Crippen LogP contribution < -0.4 is 20.3 Å². The second kappa shape index (κ2) is 9.01. The summed E-state index contributed by atoms with van der Waals surface area (Å²) in [6.45, 7) is 10.4. The lowest BCUT2D eigenvalue weighted by Gasteiger charge is -2.30. The van der Waals surface area contributed by atoms with E-state index in [4.69, 9.17) is 0 Å². The quantitative estimate of drug-likeness (QED) is 0.647. The second-order valence-electron chi connectivity index (χ2n) is 7.83. The molecule has 9 heteroatoms. The monoisotopic (exact) mass is 431 g/mol. The zero-order valence-corrected chi connectivity index (χ0v) is 18.6. The van der Waals surface area contributed by atoms with E-state index in [2.05, 4.69) is 20.3 Å². The van der Waals surface area contributed by atoms with Gasteiger partial charge in [-0.25, -0.2) is 13.4 Å². The van der Waals surface area contributed by atoms with Crippen LogP contribution in [-0.4, -0.2) is 51.5 Å². The number of piperazine rings is 1. The molecule has 1 aromatic carbocycles. The van der Waals surface area contributed by atoms with Crippen LogP contribution in [0.25, 0.3) is 0 Å². The van der Waals surface area contributed by atoms with E-state index in [1.54, 1.807) is 25.1 Å². The van der Waals surface area contributed by atoms with Gasteiger partial charge >= 0.3 is 0 Å². The SMILES string of the molecule is Cc1ccc(C)c(S(=O)(=O)Nc2cnc(N3CCNCC3)c(C(=O)NC(C)C)c2)c1. The van der Waals surface area contributed by atoms with Crippen molar-refractivity contribution < 1.29 is 13.2 Å². The van der Waals surface area contributed by atoms with E-state index in [0.29, 0.717) is 16.9 Å². The summed E-state index contributed by atoms with van der Waals surface area (Å²) < 4.78 is 28.5. The molecule has 0 aliphatic carbocycles. The predicted molar refractivity (Wildman–Crippen MR) is 119 cm³/mol. The summed E-state index contributed by atoms with van der Waals surface area (Å²) in [5.74, 6) is 0.281. The number of pyridine rings is 1. The molecular formula is C21H29N5O3S. The van der Waals surface area contributed by atoms with Gasteiger partial charge in [-0.3, -0.25) is 9.52 Å². The molecule has 8 nitrogen and oxygen atoms in total. The maximum absolute atomic E-state index is 13.0. The molecule has 0 bridgehead atoms. The van der Waals surface area contributed by atoms with Crippen molar-refractivity contribution in [2.45, 2.75) is 38.6 Å². The molecule has 3 N–H and O–H groups in total. The van der Waals surface area contributed by atoms with Gasteiger partial charge in [-0.05, 0) is 51.0 Å². The van der Waals surface area contributed by atoms with E-state index in [0.717, 1.165) is 31.7 Å². The van der Waals surface area contributed by atoms with Crippen molar-refractivity contribution in [3.8, 4) is 0 Å². The number of anilines is 2. The number of benzene rings is 1. The minimum Gasteiger partial charge on any atom is -0.353 e. The van der Waals surface area contributed by atoms with Crippen LogP contribution in [0.3, 0.4) is 0 Å². The van der Waals surface area contributed by atoms with E-state index in [1.807, 2.05) is 31.7 Å². The molecule has 2 heterocycles. The number of hydrogen-bond donors (Lipinski definition) is 3. The van der Waals surface area contributed by atoms with Crippen LogP contribution in [-0.2, 0) is 10.0 Å². The van der Waals surface area contributed by atoms with Gasteiger partial charge in [-0.15, -0.1) is 0 Å². The fraction of sp³-hybridized carbons (Fsp3) is 0.429. The number of carbonyl (C=O) groups excluding carboxylic acids is 1. The summed E-state index contributed by atoms with van der Waals surface area (Å²) in [5.41, 5.74) is 2.11. The van der Waals surface area contributed by atoms with Crippen LogP contribution in [0.1, 0.15) is 35.3 Å². The van der Waals surface area contributed by atoms with Gasteiger partial charge < -0.3 is 15.5 Å². The van der Waals surface area contributed by atoms with Crippen molar-refractivity contribution in [2.75, 3.05) is 35.8 Å². The number of rotatable bonds is 6. The third-order valence-electron chi connectivity index (χ3n) is 4.83. The summed E-state index contributed by atoms with van der Waals surface area (Å²) in [5, 5.41) is 6.15. The van der Waals surface area contributed by atoms with Crippen LogP contribution in [0.5, 0.6) is 0 Å². The van der Waals surface area contributed by atoms with Crippen molar-refractivity contribution in [3.63, 3.8) is 0 Å². The number of sulfonamides is 1. The van der Waals surface area contributed by atoms with Crippen LogP contribution in [0.4, 0.5) is 11.5 Å². The Morgan fingerprint density at radius 3 is 2.53 bits per heavy atom. The van der Waals surface area contributed by atoms with Gasteiger partial charge in [0.25, 0.3) is 15.9 Å². The van der Waals surface area contributed by atoms with E-state index in [9.17, 15) is 13.2 Å². The molecule has 1 fully saturated rings. The average Bonchev–Trinajstić information content (AvgIpc) is 2.69. The predicted octanol–water partition coefficient (Wildman–Crippen LogP) is 2.05. The molecule has 0 radical (unpaired) electrons. The summed E-state index contributed by atoms with van der Waals surface area (Å²) in [6, 6.07) is 6.78. The maximum Gasteiger partial charge on any atom is 0.262 e. The van der Waals surface area contributed by atoms with Gasteiger partial charge in [0.05, 0.1) is 22.3 Å². The highest BCUT2D eigenvalue weighted by Crippen LogP contribution is 2.25. The first-order chi connectivity index (χ1) is 14.2. The number of nitrogens with zero attached hydrogens (tertiary/aromatic N) is 2. The number of aryl methyl sites for hydroxylation is 2. The van der Waals surface area contributed by atoms with Gasteiger partial charge in [-0.2, -0.15) is 0 Å². The molecule has 3 rings (SSSR count). The molecular weight excluding hydrogens is 402 g/mol. The Labute approximate surface area is 178 Å². The Balaban J connectivity index is 1.97. The minimum absolute atomic E-state index is 0.0522. The molecule has 0 atom stereocenters. The summed E-state index contributed by atoms with van der Waals surface area (Å²) >= 11 is 0. The third-order valence-corrected chi connectivity index (χ3v) is 6.36. The van der Waals surface area contributed by atoms with Crippen LogP contribution in [0, 0.1) is 13.8 Å². The fourth-order valence-corrected chi connectivity index (χ4v) is 4.72. The van der Waals surface area contributed by atoms with E-state index < -0.39 is 10.0 Å². The van der Waals surface area contributed by atoms with Crippen molar-refractivity contribution >= 4 is 27.4 Å². The smallest absolute Gasteiger partial charge is 0.262 e. The van der Waals surface area contributed by atoms with Crippen LogP contribution in [0.2, 0.25) is 0 Å². The molecule has 0 spiro atoms. The third kappa shape index (κ3) is 5.09. The van der Waals surface area contributed by atoms with Crippen molar-refractivity contribution in [3.05, 3.63) is 47.2 Å². The maximum atomic E-state index is 13.0. The largest absolute Gasteiger partial charge is 0.353 e. The lowest BCUT2D eigenvalue weighted by molar-refractivity contribution is 0.0943. The molecule has 1 aromatic heterocycles. The zero-order valence-electron chi connectivity index (χ0n) is 17.8. The molecule has 1 saturated heterocycles. The van der Waals surface area contributed by atoms with Gasteiger partial charge in [0.2, 0.25) is 0 Å². The van der Waals surface area contributed by atoms with E-state index >= 15 is 0 Å². The number of amides is 1. The molecule has 0 saturated carbocycles. The first-order valence-corrected chi connectivity index (χ1v) is 11.5. The highest BCUT2D eigenvalue weighted by Gasteiger charge is 2.23.